The van der Waals surface area contributed by atoms with Crippen molar-refractivity contribution < 1.29 is 13.2 Å². The van der Waals surface area contributed by atoms with E-state index in [4.69, 9.17) is 0 Å². The van der Waals surface area contributed by atoms with Crippen LogP contribution in [0.2, 0.25) is 0 Å². The molecule has 1 amide bonds. The van der Waals surface area contributed by atoms with Crippen LogP contribution in [0.4, 0.5) is 0 Å². The highest BCUT2D eigenvalue weighted by Crippen LogP contribution is 2.47. The van der Waals surface area contributed by atoms with Crippen LogP contribution in [0.15, 0.2) is 24.3 Å². The van der Waals surface area contributed by atoms with Crippen LogP contribution in [-0.2, 0) is 14.8 Å². The van der Waals surface area contributed by atoms with Crippen LogP contribution in [0, 0.1) is 5.92 Å². The normalized spacial score (nSPS) is 20.5. The predicted molar refractivity (Wildman–Crippen MR) is 91.9 cm³/mol. The zero-order valence-corrected chi connectivity index (χ0v) is 14.8. The predicted octanol–water partition coefficient (Wildman–Crippen LogP) is 1.97. The van der Waals surface area contributed by atoms with E-state index >= 15 is 0 Å². The largest absolute Gasteiger partial charge is 0.355 e. The summed E-state index contributed by atoms with van der Waals surface area (Å²) in [5.74, 6) is 0.617. The highest BCUT2D eigenvalue weighted by atomic mass is 32.2. The molecule has 2 N–H and O–H groups in total. The molecule has 0 spiro atoms. The molecule has 0 bridgehead atoms. The molecule has 0 aromatic heterocycles. The average Bonchev–Trinajstić information content (AvgIpc) is 3.27. The van der Waals surface area contributed by atoms with Gasteiger partial charge in [0.2, 0.25) is 15.9 Å². The maximum Gasteiger partial charge on any atom is 0.223 e. The first kappa shape index (κ1) is 17.9. The summed E-state index contributed by atoms with van der Waals surface area (Å²) in [5.41, 5.74) is 2.49. The highest BCUT2D eigenvalue weighted by molar-refractivity contribution is 7.89. The second-order valence-electron chi connectivity index (χ2n) is 6.38. The Morgan fingerprint density at radius 2 is 1.91 bits per heavy atom. The SMILES string of the molecule is CCNS(=O)(=O)CCNC(=O)[C@@H]1C[C@@H]1c1ccc(C(C)C)cc1. The van der Waals surface area contributed by atoms with Crippen LogP contribution in [-0.4, -0.2) is 33.2 Å². The first-order valence-electron chi connectivity index (χ1n) is 8.19. The van der Waals surface area contributed by atoms with Crippen molar-refractivity contribution >= 4 is 15.9 Å². The van der Waals surface area contributed by atoms with E-state index in [1.54, 1.807) is 6.92 Å². The van der Waals surface area contributed by atoms with Gasteiger partial charge >= 0.3 is 0 Å². The maximum absolute atomic E-state index is 12.1. The molecule has 23 heavy (non-hydrogen) atoms. The number of carbonyl (C=O) groups excluding carboxylic acids is 1. The van der Waals surface area contributed by atoms with Gasteiger partial charge in [0.1, 0.15) is 0 Å². The Kier molecular flexibility index (Phi) is 5.81. The highest BCUT2D eigenvalue weighted by Gasteiger charge is 2.43. The molecule has 1 aromatic rings. The van der Waals surface area contributed by atoms with Crippen molar-refractivity contribution in [3.05, 3.63) is 35.4 Å². The summed E-state index contributed by atoms with van der Waals surface area (Å²) < 4.78 is 25.4. The van der Waals surface area contributed by atoms with Gasteiger partial charge in [-0.15, -0.1) is 0 Å². The minimum absolute atomic E-state index is 0.0262. The summed E-state index contributed by atoms with van der Waals surface area (Å²) in [6.45, 7) is 6.57. The molecule has 6 heteroatoms. The van der Waals surface area contributed by atoms with E-state index in [0.717, 1.165) is 6.42 Å². The summed E-state index contributed by atoms with van der Waals surface area (Å²) in [6, 6.07) is 8.44. The van der Waals surface area contributed by atoms with Crippen LogP contribution in [0.25, 0.3) is 0 Å². The molecular weight excluding hydrogens is 312 g/mol. The number of hydrogen-bond acceptors (Lipinski definition) is 3. The van der Waals surface area contributed by atoms with E-state index in [2.05, 4.69) is 48.2 Å². The Labute approximate surface area is 138 Å². The molecule has 0 heterocycles. The van der Waals surface area contributed by atoms with Crippen LogP contribution < -0.4 is 10.0 Å². The van der Waals surface area contributed by atoms with Gasteiger partial charge < -0.3 is 5.32 Å². The van der Waals surface area contributed by atoms with Gasteiger partial charge in [-0.25, -0.2) is 13.1 Å². The second kappa shape index (κ2) is 7.45. The van der Waals surface area contributed by atoms with E-state index in [0.29, 0.717) is 12.5 Å². The van der Waals surface area contributed by atoms with E-state index in [-0.39, 0.29) is 30.0 Å². The van der Waals surface area contributed by atoms with Crippen molar-refractivity contribution in [1.29, 1.82) is 0 Å². The first-order valence-corrected chi connectivity index (χ1v) is 9.84. The molecule has 128 valence electrons. The summed E-state index contributed by atoms with van der Waals surface area (Å²) in [6.07, 6.45) is 0.840. The van der Waals surface area contributed by atoms with Crippen LogP contribution >= 0.6 is 0 Å². The van der Waals surface area contributed by atoms with Gasteiger partial charge in [0, 0.05) is 19.0 Å². The van der Waals surface area contributed by atoms with Crippen LogP contribution in [0.5, 0.6) is 0 Å². The number of benzene rings is 1. The summed E-state index contributed by atoms with van der Waals surface area (Å²) >= 11 is 0. The van der Waals surface area contributed by atoms with Gasteiger partial charge in [-0.2, -0.15) is 0 Å². The van der Waals surface area contributed by atoms with Crippen molar-refractivity contribution in [2.45, 2.75) is 39.0 Å². The Bertz CT molecular complexity index is 638. The average molecular weight is 338 g/mol. The van der Waals surface area contributed by atoms with Gasteiger partial charge in [-0.3, -0.25) is 4.79 Å². The molecule has 1 aliphatic carbocycles. The molecule has 1 fully saturated rings. The van der Waals surface area contributed by atoms with Crippen molar-refractivity contribution in [3.8, 4) is 0 Å². The van der Waals surface area contributed by atoms with Gasteiger partial charge in [0.15, 0.2) is 0 Å². The first-order chi connectivity index (χ1) is 10.8. The topological polar surface area (TPSA) is 75.3 Å². The third-order valence-corrected chi connectivity index (χ3v) is 5.66. The molecule has 0 unspecified atom stereocenters. The van der Waals surface area contributed by atoms with Gasteiger partial charge in [-0.05, 0) is 29.4 Å². The molecule has 2 atom stereocenters. The fraction of sp³-hybridized carbons (Fsp3) is 0.588. The van der Waals surface area contributed by atoms with Crippen molar-refractivity contribution in [3.63, 3.8) is 0 Å². The minimum Gasteiger partial charge on any atom is -0.355 e. The Morgan fingerprint density at radius 1 is 1.26 bits per heavy atom. The molecule has 1 aromatic carbocycles. The van der Waals surface area contributed by atoms with Gasteiger partial charge in [0.25, 0.3) is 0 Å². The third-order valence-electron chi connectivity index (χ3n) is 4.19. The lowest BCUT2D eigenvalue weighted by Gasteiger charge is -2.08. The summed E-state index contributed by atoms with van der Waals surface area (Å²) in [7, 11) is -3.28. The Morgan fingerprint density at radius 3 is 2.48 bits per heavy atom. The number of carbonyl (C=O) groups is 1. The summed E-state index contributed by atoms with van der Waals surface area (Å²) in [5, 5.41) is 2.73. The number of sulfonamides is 1. The lowest BCUT2D eigenvalue weighted by Crippen LogP contribution is -2.35. The number of nitrogens with one attached hydrogen (secondary N) is 2. The lowest BCUT2D eigenvalue weighted by atomic mass is 10.00. The fourth-order valence-electron chi connectivity index (χ4n) is 2.71. The lowest BCUT2D eigenvalue weighted by molar-refractivity contribution is -0.122. The van der Waals surface area contributed by atoms with E-state index < -0.39 is 10.0 Å². The number of amides is 1. The van der Waals surface area contributed by atoms with E-state index in [9.17, 15) is 13.2 Å². The molecule has 0 saturated heterocycles. The number of rotatable bonds is 8. The van der Waals surface area contributed by atoms with E-state index in [1.807, 2.05) is 0 Å². The van der Waals surface area contributed by atoms with Crippen molar-refractivity contribution in [2.75, 3.05) is 18.8 Å². The molecule has 5 nitrogen and oxygen atoms in total. The summed E-state index contributed by atoms with van der Waals surface area (Å²) in [4.78, 5) is 12.1. The van der Waals surface area contributed by atoms with Crippen LogP contribution in [0.1, 0.15) is 50.2 Å². The third kappa shape index (κ3) is 5.04. The smallest absolute Gasteiger partial charge is 0.223 e. The zero-order valence-electron chi connectivity index (χ0n) is 14.0. The van der Waals surface area contributed by atoms with E-state index in [1.165, 1.54) is 11.1 Å². The molecule has 0 aliphatic heterocycles. The van der Waals surface area contributed by atoms with Crippen molar-refractivity contribution in [2.24, 2.45) is 5.92 Å². The zero-order chi connectivity index (χ0) is 17.0. The van der Waals surface area contributed by atoms with Gasteiger partial charge in [-0.1, -0.05) is 45.0 Å². The fourth-order valence-corrected chi connectivity index (χ4v) is 3.67. The Hall–Kier alpha value is -1.40. The molecular formula is C17H26N2O3S. The van der Waals surface area contributed by atoms with Crippen LogP contribution in [0.3, 0.4) is 0 Å². The maximum atomic E-state index is 12.1. The molecule has 1 saturated carbocycles. The molecule has 1 aliphatic rings. The molecule has 0 radical (unpaired) electrons. The standard InChI is InChI=1S/C17H26N2O3S/c1-4-19-23(21,22)10-9-18-17(20)16-11-15(16)14-7-5-13(6-8-14)12(2)3/h5-8,12,15-16,19H,4,9-11H2,1-3H3,(H,18,20)/t15-,16-/m1/s1. The monoisotopic (exact) mass is 338 g/mol. The Balaban J connectivity index is 1.80. The second-order valence-corrected chi connectivity index (χ2v) is 8.30. The quantitative estimate of drug-likeness (QED) is 0.761. The minimum atomic E-state index is -3.28. The van der Waals surface area contributed by atoms with Gasteiger partial charge in [0.05, 0.1) is 5.75 Å². The van der Waals surface area contributed by atoms with Crippen molar-refractivity contribution in [1.82, 2.24) is 10.0 Å². The molecule has 2 rings (SSSR count). The number of hydrogen-bond donors (Lipinski definition) is 2.